The highest BCUT2D eigenvalue weighted by molar-refractivity contribution is 5.90. The van der Waals surface area contributed by atoms with Gasteiger partial charge in [-0.1, -0.05) is 6.42 Å². The van der Waals surface area contributed by atoms with Crippen molar-refractivity contribution in [1.29, 1.82) is 0 Å². The highest BCUT2D eigenvalue weighted by Gasteiger charge is 2.49. The van der Waals surface area contributed by atoms with Crippen molar-refractivity contribution in [1.82, 2.24) is 4.90 Å². The minimum atomic E-state index is -0.697. The maximum absolute atomic E-state index is 12.6. The first-order valence-electron chi connectivity index (χ1n) is 6.40. The van der Waals surface area contributed by atoms with Crippen LogP contribution >= 0.6 is 0 Å². The third-order valence-electron chi connectivity index (χ3n) is 4.39. The number of amides is 2. The molecule has 1 saturated heterocycles. The molecule has 1 aliphatic carbocycles. The summed E-state index contributed by atoms with van der Waals surface area (Å²) in [6.07, 6.45) is 2.02. The lowest BCUT2D eigenvalue weighted by molar-refractivity contribution is -0.146. The van der Waals surface area contributed by atoms with Gasteiger partial charge in [0.05, 0.1) is 11.5 Å². The van der Waals surface area contributed by atoms with Gasteiger partial charge in [0.2, 0.25) is 11.8 Å². The van der Waals surface area contributed by atoms with Crippen LogP contribution in [0.1, 0.15) is 32.6 Å². The molecule has 6 nitrogen and oxygen atoms in total. The van der Waals surface area contributed by atoms with Crippen molar-refractivity contribution in [2.24, 2.45) is 16.9 Å². The molecular weight excluding hydrogens is 234 g/mol. The van der Waals surface area contributed by atoms with Gasteiger partial charge in [-0.2, -0.15) is 0 Å². The first kappa shape index (κ1) is 13.3. The summed E-state index contributed by atoms with van der Waals surface area (Å²) in [7, 11) is 0. The Morgan fingerprint density at radius 2 is 2.11 bits per heavy atom. The van der Waals surface area contributed by atoms with Gasteiger partial charge in [-0.05, 0) is 19.8 Å². The number of β-amino-alcohol motifs (C(OH)–C–C–N with tert-alkyl or cyclic N) is 1. The Balaban J connectivity index is 2.20. The number of nitrogens with zero attached hydrogens (tertiary/aromatic N) is 1. The maximum atomic E-state index is 12.6. The molecule has 0 radical (unpaired) electrons. The summed E-state index contributed by atoms with van der Waals surface area (Å²) in [6.45, 7) is 2.02. The Hall–Kier alpha value is -1.14. The standard InChI is InChI=1S/C12H21N3O3/c1-12(4-2-3-9(12)13)11(18)15-6-7(16)5-8(15)10(14)17/h7-9,16H,2-6,13H2,1H3,(H2,14,17). The number of nitrogens with two attached hydrogens (primary N) is 2. The Morgan fingerprint density at radius 1 is 1.44 bits per heavy atom. The van der Waals surface area contributed by atoms with Gasteiger partial charge in [0, 0.05) is 19.0 Å². The van der Waals surface area contributed by atoms with E-state index >= 15 is 0 Å². The van der Waals surface area contributed by atoms with E-state index in [0.717, 1.165) is 19.3 Å². The van der Waals surface area contributed by atoms with Crippen LogP contribution < -0.4 is 11.5 Å². The van der Waals surface area contributed by atoms with E-state index in [0.29, 0.717) is 0 Å². The Labute approximate surface area is 106 Å². The van der Waals surface area contributed by atoms with Crippen molar-refractivity contribution < 1.29 is 14.7 Å². The number of aliphatic hydroxyl groups is 1. The average molecular weight is 255 g/mol. The molecule has 2 aliphatic rings. The first-order valence-corrected chi connectivity index (χ1v) is 6.40. The minimum absolute atomic E-state index is 0.146. The predicted octanol–water partition coefficient (Wildman–Crippen LogP) is -1.05. The lowest BCUT2D eigenvalue weighted by Gasteiger charge is -2.34. The van der Waals surface area contributed by atoms with Crippen LogP contribution in [0.25, 0.3) is 0 Å². The normalized spacial score (nSPS) is 40.2. The van der Waals surface area contributed by atoms with E-state index in [4.69, 9.17) is 11.5 Å². The zero-order valence-electron chi connectivity index (χ0n) is 10.6. The molecule has 1 saturated carbocycles. The fraction of sp³-hybridized carbons (Fsp3) is 0.833. The third-order valence-corrected chi connectivity index (χ3v) is 4.39. The zero-order valence-corrected chi connectivity index (χ0v) is 10.6. The molecule has 0 aromatic heterocycles. The number of aliphatic hydroxyl groups excluding tert-OH is 1. The number of carbonyl (C=O) groups is 2. The zero-order chi connectivity index (χ0) is 13.5. The highest BCUT2D eigenvalue weighted by Crippen LogP contribution is 2.39. The van der Waals surface area contributed by atoms with Crippen LogP contribution in [0.15, 0.2) is 0 Å². The molecule has 0 bridgehead atoms. The van der Waals surface area contributed by atoms with Gasteiger partial charge in [0.1, 0.15) is 6.04 Å². The molecule has 18 heavy (non-hydrogen) atoms. The van der Waals surface area contributed by atoms with Gasteiger partial charge in [-0.3, -0.25) is 9.59 Å². The Bertz CT molecular complexity index is 374. The molecule has 102 valence electrons. The average Bonchev–Trinajstić information content (AvgIpc) is 2.83. The molecule has 0 aromatic rings. The van der Waals surface area contributed by atoms with E-state index in [9.17, 15) is 14.7 Å². The Morgan fingerprint density at radius 3 is 2.61 bits per heavy atom. The second-order valence-electron chi connectivity index (χ2n) is 5.68. The number of primary amides is 1. The molecule has 2 rings (SSSR count). The van der Waals surface area contributed by atoms with Crippen molar-refractivity contribution in [3.8, 4) is 0 Å². The molecule has 4 atom stereocenters. The van der Waals surface area contributed by atoms with Gasteiger partial charge < -0.3 is 21.5 Å². The fourth-order valence-electron chi connectivity index (χ4n) is 3.09. The smallest absolute Gasteiger partial charge is 0.240 e. The first-order chi connectivity index (χ1) is 8.36. The van der Waals surface area contributed by atoms with Crippen LogP contribution in [-0.2, 0) is 9.59 Å². The van der Waals surface area contributed by atoms with Crippen LogP contribution in [0, 0.1) is 5.41 Å². The molecule has 0 spiro atoms. The number of carbonyl (C=O) groups excluding carboxylic acids is 2. The molecule has 6 heteroatoms. The van der Waals surface area contributed by atoms with Crippen molar-refractivity contribution in [3.63, 3.8) is 0 Å². The maximum Gasteiger partial charge on any atom is 0.240 e. The van der Waals surface area contributed by atoms with Gasteiger partial charge in [0.15, 0.2) is 0 Å². The largest absolute Gasteiger partial charge is 0.391 e. The minimum Gasteiger partial charge on any atom is -0.391 e. The summed E-state index contributed by atoms with van der Waals surface area (Å²) in [5.74, 6) is -0.706. The summed E-state index contributed by atoms with van der Waals surface area (Å²) >= 11 is 0. The second-order valence-corrected chi connectivity index (χ2v) is 5.68. The number of hydrogen-bond acceptors (Lipinski definition) is 4. The molecule has 0 aromatic carbocycles. The van der Waals surface area contributed by atoms with Gasteiger partial charge in [-0.25, -0.2) is 0 Å². The van der Waals surface area contributed by atoms with E-state index in [1.807, 2.05) is 6.92 Å². The SMILES string of the molecule is CC1(C(=O)N2CC(O)CC2C(N)=O)CCCC1N. The van der Waals surface area contributed by atoms with Gasteiger partial charge in [-0.15, -0.1) is 0 Å². The summed E-state index contributed by atoms with van der Waals surface area (Å²) in [5, 5.41) is 9.63. The third kappa shape index (κ3) is 1.99. The second kappa shape index (κ2) is 4.51. The Kier molecular flexibility index (Phi) is 3.33. The van der Waals surface area contributed by atoms with Crippen molar-refractivity contribution >= 4 is 11.8 Å². The summed E-state index contributed by atoms with van der Waals surface area (Å²) in [5.41, 5.74) is 10.7. The van der Waals surface area contributed by atoms with Crippen LogP contribution in [-0.4, -0.2) is 46.6 Å². The molecule has 1 aliphatic heterocycles. The van der Waals surface area contributed by atoms with E-state index < -0.39 is 23.5 Å². The van der Waals surface area contributed by atoms with Gasteiger partial charge >= 0.3 is 0 Å². The molecule has 4 unspecified atom stereocenters. The van der Waals surface area contributed by atoms with E-state index in [1.54, 1.807) is 0 Å². The lowest BCUT2D eigenvalue weighted by atomic mass is 9.83. The molecule has 2 fully saturated rings. The highest BCUT2D eigenvalue weighted by atomic mass is 16.3. The van der Waals surface area contributed by atoms with Crippen LogP contribution in [0.2, 0.25) is 0 Å². The monoisotopic (exact) mass is 255 g/mol. The van der Waals surface area contributed by atoms with Gasteiger partial charge in [0.25, 0.3) is 0 Å². The van der Waals surface area contributed by atoms with Crippen LogP contribution in [0.4, 0.5) is 0 Å². The quantitative estimate of drug-likeness (QED) is 0.585. The topological polar surface area (TPSA) is 110 Å². The fourth-order valence-corrected chi connectivity index (χ4v) is 3.09. The molecule has 2 amide bonds. The van der Waals surface area contributed by atoms with Crippen molar-refractivity contribution in [2.75, 3.05) is 6.54 Å². The summed E-state index contributed by atoms with van der Waals surface area (Å²) < 4.78 is 0. The van der Waals surface area contributed by atoms with E-state index in [-0.39, 0.29) is 24.9 Å². The molecule has 5 N–H and O–H groups in total. The molecular formula is C12H21N3O3. The summed E-state index contributed by atoms with van der Waals surface area (Å²) in [6, 6.07) is -0.881. The number of rotatable bonds is 2. The van der Waals surface area contributed by atoms with E-state index in [2.05, 4.69) is 0 Å². The number of likely N-dealkylation sites (tertiary alicyclic amines) is 1. The summed E-state index contributed by atoms with van der Waals surface area (Å²) in [4.78, 5) is 25.3. The van der Waals surface area contributed by atoms with Crippen molar-refractivity contribution in [3.05, 3.63) is 0 Å². The number of hydrogen-bond donors (Lipinski definition) is 3. The molecule has 1 heterocycles. The van der Waals surface area contributed by atoms with Crippen LogP contribution in [0.3, 0.4) is 0 Å². The van der Waals surface area contributed by atoms with E-state index in [1.165, 1.54) is 4.90 Å². The van der Waals surface area contributed by atoms with Crippen molar-refractivity contribution in [2.45, 2.75) is 50.8 Å². The predicted molar refractivity (Wildman–Crippen MR) is 65.3 cm³/mol. The van der Waals surface area contributed by atoms with Crippen LogP contribution in [0.5, 0.6) is 0 Å². The lowest BCUT2D eigenvalue weighted by Crippen LogP contribution is -2.53.